The van der Waals surface area contributed by atoms with Crippen molar-refractivity contribution in [1.29, 1.82) is 0 Å². The van der Waals surface area contributed by atoms with Gasteiger partial charge in [0.25, 0.3) is 0 Å². The molecule has 0 fully saturated rings. The van der Waals surface area contributed by atoms with E-state index >= 15 is 0 Å². The minimum Gasteiger partial charge on any atom is -0.495 e. The quantitative estimate of drug-likeness (QED) is 0.479. The molecule has 3 aromatic carbocycles. The molecule has 1 aromatic heterocycles. The summed E-state index contributed by atoms with van der Waals surface area (Å²) < 4.78 is 7.68. The van der Waals surface area contributed by atoms with Crippen molar-refractivity contribution in [3.63, 3.8) is 0 Å². The highest BCUT2D eigenvalue weighted by Gasteiger charge is 2.11. The van der Waals surface area contributed by atoms with E-state index in [0.717, 1.165) is 11.4 Å². The monoisotopic (exact) mass is 273 g/mol. The topological polar surface area (TPSA) is 14.2 Å². The van der Waals surface area contributed by atoms with Crippen LogP contribution < -0.4 is 4.74 Å². The fraction of sp³-hybridized carbons (Fsp3) is 0.0526. The predicted molar refractivity (Wildman–Crippen MR) is 87.3 cm³/mol. The Labute approximate surface area is 123 Å². The Morgan fingerprint density at radius 2 is 1.48 bits per heavy atom. The lowest BCUT2D eigenvalue weighted by atomic mass is 10.0. The highest BCUT2D eigenvalue weighted by atomic mass is 16.5. The molecule has 1 heterocycles. The third kappa shape index (κ3) is 1.80. The maximum Gasteiger partial charge on any atom is 0.143 e. The van der Waals surface area contributed by atoms with Crippen LogP contribution in [0.4, 0.5) is 0 Å². The second-order valence-corrected chi connectivity index (χ2v) is 5.09. The lowest BCUT2D eigenvalue weighted by molar-refractivity contribution is 0.413. The molecular formula is C19H15NO. The van der Waals surface area contributed by atoms with Gasteiger partial charge in [0.05, 0.1) is 12.8 Å². The van der Waals surface area contributed by atoms with Crippen LogP contribution in [0.15, 0.2) is 73.1 Å². The highest BCUT2D eigenvalue weighted by Crippen LogP contribution is 2.35. The van der Waals surface area contributed by atoms with Crippen LogP contribution >= 0.6 is 0 Å². The summed E-state index contributed by atoms with van der Waals surface area (Å²) in [7, 11) is 1.72. The van der Waals surface area contributed by atoms with E-state index in [1.54, 1.807) is 7.11 Å². The average Bonchev–Trinajstić information content (AvgIpc) is 3.07. The predicted octanol–water partition coefficient (Wildman–Crippen LogP) is 4.79. The van der Waals surface area contributed by atoms with Crippen molar-refractivity contribution in [2.45, 2.75) is 0 Å². The van der Waals surface area contributed by atoms with Crippen LogP contribution in [0.5, 0.6) is 5.75 Å². The van der Waals surface area contributed by atoms with Crippen molar-refractivity contribution < 1.29 is 4.74 Å². The minimum atomic E-state index is 0.883. The SMILES string of the molecule is COc1ccc2c(ccc3ccccc32)c1-n1cccc1. The molecule has 0 spiro atoms. The number of nitrogens with zero attached hydrogens (tertiary/aromatic N) is 1. The molecule has 0 saturated heterocycles. The number of hydrogen-bond acceptors (Lipinski definition) is 1. The highest BCUT2D eigenvalue weighted by molar-refractivity contribution is 6.10. The molecule has 0 atom stereocenters. The van der Waals surface area contributed by atoms with Crippen LogP contribution in [0.2, 0.25) is 0 Å². The standard InChI is InChI=1S/C19H15NO/c1-21-18-11-10-16-15-7-3-2-6-14(15)8-9-17(16)19(18)20-12-4-5-13-20/h2-13H,1H3. The van der Waals surface area contributed by atoms with Gasteiger partial charge < -0.3 is 9.30 Å². The Morgan fingerprint density at radius 1 is 0.714 bits per heavy atom. The van der Waals surface area contributed by atoms with E-state index in [9.17, 15) is 0 Å². The number of ether oxygens (including phenoxy) is 1. The number of hydrogen-bond donors (Lipinski definition) is 0. The molecule has 0 radical (unpaired) electrons. The van der Waals surface area contributed by atoms with Gasteiger partial charge in [-0.05, 0) is 40.4 Å². The second kappa shape index (κ2) is 4.67. The largest absolute Gasteiger partial charge is 0.495 e. The molecule has 0 saturated carbocycles. The van der Waals surface area contributed by atoms with Gasteiger partial charge in [-0.25, -0.2) is 0 Å². The van der Waals surface area contributed by atoms with Crippen molar-refractivity contribution in [1.82, 2.24) is 4.57 Å². The molecule has 0 aliphatic rings. The first kappa shape index (κ1) is 12.0. The Bertz CT molecular complexity index is 923. The van der Waals surface area contributed by atoms with Crippen LogP contribution in [0.1, 0.15) is 0 Å². The molecule has 21 heavy (non-hydrogen) atoms. The Kier molecular flexibility index (Phi) is 2.68. The third-order valence-electron chi connectivity index (χ3n) is 3.94. The van der Waals surface area contributed by atoms with Gasteiger partial charge in [-0.1, -0.05) is 36.4 Å². The summed E-state index contributed by atoms with van der Waals surface area (Å²) in [6, 6.07) is 21.1. The van der Waals surface area contributed by atoms with Gasteiger partial charge in [0.15, 0.2) is 0 Å². The Morgan fingerprint density at radius 3 is 2.29 bits per heavy atom. The van der Waals surface area contributed by atoms with Gasteiger partial charge in [0.1, 0.15) is 5.75 Å². The Hall–Kier alpha value is -2.74. The van der Waals surface area contributed by atoms with Crippen LogP contribution in [0.25, 0.3) is 27.2 Å². The summed E-state index contributed by atoms with van der Waals surface area (Å²) in [5.41, 5.74) is 1.09. The average molecular weight is 273 g/mol. The molecule has 0 bridgehead atoms. The smallest absolute Gasteiger partial charge is 0.143 e. The number of fused-ring (bicyclic) bond motifs is 3. The molecule has 4 rings (SSSR count). The molecule has 0 unspecified atom stereocenters. The summed E-state index contributed by atoms with van der Waals surface area (Å²) in [6.45, 7) is 0. The van der Waals surface area contributed by atoms with Crippen molar-refractivity contribution in [2.75, 3.05) is 7.11 Å². The zero-order valence-corrected chi connectivity index (χ0v) is 11.8. The molecule has 0 amide bonds. The van der Waals surface area contributed by atoms with Crippen LogP contribution in [0.3, 0.4) is 0 Å². The lowest BCUT2D eigenvalue weighted by Crippen LogP contribution is -1.97. The van der Waals surface area contributed by atoms with Crippen molar-refractivity contribution in [3.8, 4) is 11.4 Å². The van der Waals surface area contributed by atoms with Crippen molar-refractivity contribution in [3.05, 3.63) is 73.1 Å². The molecule has 2 heteroatoms. The maximum absolute atomic E-state index is 5.57. The van der Waals surface area contributed by atoms with E-state index in [0.29, 0.717) is 0 Å². The van der Waals surface area contributed by atoms with Crippen molar-refractivity contribution in [2.24, 2.45) is 0 Å². The molecule has 4 aromatic rings. The number of methoxy groups -OCH3 is 1. The van der Waals surface area contributed by atoms with Crippen molar-refractivity contribution >= 4 is 21.5 Å². The van der Waals surface area contributed by atoms with Crippen LogP contribution in [0, 0.1) is 0 Å². The molecular weight excluding hydrogens is 258 g/mol. The van der Waals surface area contributed by atoms with E-state index < -0.39 is 0 Å². The zero-order valence-electron chi connectivity index (χ0n) is 11.8. The van der Waals surface area contributed by atoms with E-state index in [1.807, 2.05) is 30.6 Å². The fourth-order valence-electron chi connectivity index (χ4n) is 2.97. The molecule has 102 valence electrons. The van der Waals surface area contributed by atoms with E-state index in [-0.39, 0.29) is 0 Å². The van der Waals surface area contributed by atoms with Gasteiger partial charge in [-0.15, -0.1) is 0 Å². The van der Waals surface area contributed by atoms with Gasteiger partial charge in [0, 0.05) is 17.8 Å². The third-order valence-corrected chi connectivity index (χ3v) is 3.94. The van der Waals surface area contributed by atoms with E-state index in [1.165, 1.54) is 21.5 Å². The normalized spacial score (nSPS) is 11.1. The first-order valence-electron chi connectivity index (χ1n) is 7.00. The van der Waals surface area contributed by atoms with Crippen LogP contribution in [-0.2, 0) is 0 Å². The molecule has 2 nitrogen and oxygen atoms in total. The number of rotatable bonds is 2. The van der Waals surface area contributed by atoms with Gasteiger partial charge >= 0.3 is 0 Å². The first-order valence-corrected chi connectivity index (χ1v) is 7.00. The Balaban J connectivity index is 2.17. The van der Waals surface area contributed by atoms with Gasteiger partial charge in [0.2, 0.25) is 0 Å². The molecule has 0 aliphatic heterocycles. The first-order chi connectivity index (χ1) is 10.4. The fourth-order valence-corrected chi connectivity index (χ4v) is 2.97. The second-order valence-electron chi connectivity index (χ2n) is 5.09. The van der Waals surface area contributed by atoms with E-state index in [2.05, 4.69) is 47.0 Å². The molecule has 0 N–H and O–H groups in total. The maximum atomic E-state index is 5.57. The summed E-state index contributed by atoms with van der Waals surface area (Å²) in [6.07, 6.45) is 4.10. The lowest BCUT2D eigenvalue weighted by Gasteiger charge is -2.14. The number of aromatic nitrogens is 1. The summed E-state index contributed by atoms with van der Waals surface area (Å²) in [5.74, 6) is 0.883. The number of benzene rings is 3. The summed E-state index contributed by atoms with van der Waals surface area (Å²) in [5, 5.41) is 4.97. The molecule has 0 aliphatic carbocycles. The summed E-state index contributed by atoms with van der Waals surface area (Å²) >= 11 is 0. The minimum absolute atomic E-state index is 0.883. The van der Waals surface area contributed by atoms with Gasteiger partial charge in [-0.2, -0.15) is 0 Å². The summed E-state index contributed by atoms with van der Waals surface area (Å²) in [4.78, 5) is 0. The van der Waals surface area contributed by atoms with E-state index in [4.69, 9.17) is 4.74 Å². The van der Waals surface area contributed by atoms with Crippen LogP contribution in [-0.4, -0.2) is 11.7 Å². The van der Waals surface area contributed by atoms with Gasteiger partial charge in [-0.3, -0.25) is 0 Å². The zero-order chi connectivity index (χ0) is 14.2.